The molecule has 0 fully saturated rings. The Bertz CT molecular complexity index is 329. The lowest BCUT2D eigenvalue weighted by Gasteiger charge is -2.07. The van der Waals surface area contributed by atoms with Gasteiger partial charge in [0.05, 0.1) is 23.4 Å². The van der Waals surface area contributed by atoms with E-state index in [0.717, 1.165) is 0 Å². The number of hydrogen-bond donors (Lipinski definition) is 0. The molecule has 0 aromatic carbocycles. The highest BCUT2D eigenvalue weighted by molar-refractivity contribution is 7.92. The number of carbonyl (C=O) groups excluding carboxylic acids is 2. The number of carboxylic acids is 1. The first-order chi connectivity index (χ1) is 6.74. The minimum absolute atomic E-state index is 0.327. The van der Waals surface area contributed by atoms with Gasteiger partial charge in [-0.1, -0.05) is 13.8 Å². The molecule has 7 heteroatoms. The van der Waals surface area contributed by atoms with Crippen molar-refractivity contribution in [3.63, 3.8) is 0 Å². The second kappa shape index (κ2) is 5.69. The number of aliphatic carboxylic acids is 1. The van der Waals surface area contributed by atoms with E-state index in [0.29, 0.717) is 0 Å². The summed E-state index contributed by atoms with van der Waals surface area (Å²) < 4.78 is 26.5. The van der Waals surface area contributed by atoms with Crippen molar-refractivity contribution in [2.24, 2.45) is 5.92 Å². The summed E-state index contributed by atoms with van der Waals surface area (Å²) in [6, 6.07) is 0. The van der Waals surface area contributed by atoms with E-state index in [-0.39, 0.29) is 12.5 Å². The largest absolute Gasteiger partial charge is 0.549 e. The van der Waals surface area contributed by atoms with Crippen LogP contribution in [0.2, 0.25) is 0 Å². The highest BCUT2D eigenvalue weighted by Gasteiger charge is 2.14. The highest BCUT2D eigenvalue weighted by Crippen LogP contribution is 1.97. The summed E-state index contributed by atoms with van der Waals surface area (Å²) in [5.41, 5.74) is 0. The maximum atomic E-state index is 11.0. The molecule has 0 unspecified atom stereocenters. The zero-order valence-corrected chi connectivity index (χ0v) is 9.37. The van der Waals surface area contributed by atoms with E-state index in [2.05, 4.69) is 4.74 Å². The molecule has 0 bridgehead atoms. The van der Waals surface area contributed by atoms with Gasteiger partial charge in [0.1, 0.15) is 6.61 Å². The summed E-state index contributed by atoms with van der Waals surface area (Å²) in [6.07, 6.45) is 0. The molecule has 6 nitrogen and oxygen atoms in total. The van der Waals surface area contributed by atoms with Gasteiger partial charge in [-0.25, -0.2) is 8.42 Å². The van der Waals surface area contributed by atoms with Gasteiger partial charge in [0.15, 0.2) is 9.84 Å². The molecule has 0 saturated heterocycles. The molecule has 0 heterocycles. The predicted molar refractivity (Wildman–Crippen MR) is 49.5 cm³/mol. The first-order valence-corrected chi connectivity index (χ1v) is 6.13. The Balaban J connectivity index is 3.96. The van der Waals surface area contributed by atoms with Crippen LogP contribution in [0.25, 0.3) is 0 Å². The summed E-state index contributed by atoms with van der Waals surface area (Å²) in [5, 5.41) is 10.0. The van der Waals surface area contributed by atoms with Gasteiger partial charge in [0.25, 0.3) is 0 Å². The van der Waals surface area contributed by atoms with Crippen LogP contribution in [0.3, 0.4) is 0 Å². The molecule has 0 aromatic rings. The van der Waals surface area contributed by atoms with Gasteiger partial charge in [-0.3, -0.25) is 4.79 Å². The van der Waals surface area contributed by atoms with Crippen molar-refractivity contribution in [1.82, 2.24) is 0 Å². The second-order valence-electron chi connectivity index (χ2n) is 3.29. The van der Waals surface area contributed by atoms with Gasteiger partial charge in [0.2, 0.25) is 0 Å². The van der Waals surface area contributed by atoms with Crippen LogP contribution >= 0.6 is 0 Å². The van der Waals surface area contributed by atoms with Gasteiger partial charge >= 0.3 is 5.97 Å². The van der Waals surface area contributed by atoms with E-state index in [9.17, 15) is 23.1 Å². The summed E-state index contributed by atoms with van der Waals surface area (Å²) in [4.78, 5) is 20.9. The third-order valence-electron chi connectivity index (χ3n) is 1.45. The lowest BCUT2D eigenvalue weighted by atomic mass is 10.2. The molecule has 0 N–H and O–H groups in total. The van der Waals surface area contributed by atoms with Crippen molar-refractivity contribution < 1.29 is 27.9 Å². The molecular formula is C8H13O6S-. The summed E-state index contributed by atoms with van der Waals surface area (Å²) in [7, 11) is -3.74. The molecule has 0 amide bonds. The minimum atomic E-state index is -3.74. The lowest BCUT2D eigenvalue weighted by Crippen LogP contribution is -2.32. The van der Waals surface area contributed by atoms with E-state index < -0.39 is 33.3 Å². The summed E-state index contributed by atoms with van der Waals surface area (Å²) in [5.74, 6) is -4.07. The zero-order chi connectivity index (χ0) is 12.1. The lowest BCUT2D eigenvalue weighted by molar-refractivity contribution is -0.301. The Hall–Kier alpha value is -1.11. The number of esters is 1. The van der Waals surface area contributed by atoms with E-state index in [4.69, 9.17) is 0 Å². The third kappa shape index (κ3) is 6.89. The van der Waals surface area contributed by atoms with Crippen molar-refractivity contribution in [3.8, 4) is 0 Å². The maximum Gasteiger partial charge on any atom is 0.308 e. The molecule has 0 aromatic heterocycles. The Kier molecular flexibility index (Phi) is 5.27. The second-order valence-corrected chi connectivity index (χ2v) is 5.47. The van der Waals surface area contributed by atoms with Crippen LogP contribution in [-0.2, 0) is 24.2 Å². The Morgan fingerprint density at radius 2 is 1.87 bits per heavy atom. The molecule has 0 rings (SSSR count). The molecular weight excluding hydrogens is 224 g/mol. The predicted octanol–water partition coefficient (Wildman–Crippen LogP) is -1.65. The molecule has 0 atom stereocenters. The van der Waals surface area contributed by atoms with Crippen molar-refractivity contribution in [1.29, 1.82) is 0 Å². The summed E-state index contributed by atoms with van der Waals surface area (Å²) in [6.45, 7) is 2.89. The van der Waals surface area contributed by atoms with Crippen molar-refractivity contribution in [3.05, 3.63) is 0 Å². The minimum Gasteiger partial charge on any atom is -0.549 e. The molecule has 88 valence electrons. The quantitative estimate of drug-likeness (QED) is 0.513. The normalized spacial score (nSPS) is 11.4. The number of hydrogen-bond acceptors (Lipinski definition) is 6. The van der Waals surface area contributed by atoms with Crippen LogP contribution in [0.15, 0.2) is 0 Å². The Labute approximate surface area is 88.2 Å². The van der Waals surface area contributed by atoms with E-state index in [1.807, 2.05) is 0 Å². The fourth-order valence-electron chi connectivity index (χ4n) is 0.688. The van der Waals surface area contributed by atoms with E-state index >= 15 is 0 Å². The van der Waals surface area contributed by atoms with Gasteiger partial charge in [0, 0.05) is 0 Å². The maximum absolute atomic E-state index is 11.0. The first kappa shape index (κ1) is 13.9. The van der Waals surface area contributed by atoms with Gasteiger partial charge in [-0.2, -0.15) is 0 Å². The topological polar surface area (TPSA) is 101 Å². The van der Waals surface area contributed by atoms with Crippen LogP contribution in [0.4, 0.5) is 0 Å². The van der Waals surface area contributed by atoms with Gasteiger partial charge in [-0.05, 0) is 0 Å². The number of ether oxygens (including phenoxy) is 1. The number of carbonyl (C=O) groups is 2. The fraction of sp³-hybridized carbons (Fsp3) is 0.750. The monoisotopic (exact) mass is 237 g/mol. The molecule has 0 aliphatic rings. The van der Waals surface area contributed by atoms with Crippen molar-refractivity contribution >= 4 is 21.8 Å². The third-order valence-corrected chi connectivity index (χ3v) is 2.91. The standard InChI is InChI=1S/C8H14O6S/c1-6(2)8(11)14-3-4-15(12,13)5-7(9)10/h6H,3-5H2,1-2H3,(H,9,10)/p-1. The molecule has 0 saturated carbocycles. The Morgan fingerprint density at radius 3 is 2.27 bits per heavy atom. The molecule has 0 spiro atoms. The smallest absolute Gasteiger partial charge is 0.308 e. The fourth-order valence-corrected chi connectivity index (χ4v) is 1.53. The van der Waals surface area contributed by atoms with E-state index in [1.165, 1.54) is 0 Å². The van der Waals surface area contributed by atoms with Crippen LogP contribution in [0, 0.1) is 5.92 Å². The molecule has 15 heavy (non-hydrogen) atoms. The van der Waals surface area contributed by atoms with Crippen LogP contribution < -0.4 is 5.11 Å². The average molecular weight is 237 g/mol. The van der Waals surface area contributed by atoms with Gasteiger partial charge in [-0.15, -0.1) is 0 Å². The van der Waals surface area contributed by atoms with Crippen LogP contribution in [-0.4, -0.2) is 38.5 Å². The average Bonchev–Trinajstić information content (AvgIpc) is 2.00. The molecule has 0 aliphatic carbocycles. The zero-order valence-electron chi connectivity index (χ0n) is 8.56. The molecule has 0 aliphatic heterocycles. The number of sulfone groups is 1. The number of rotatable bonds is 6. The molecule has 0 radical (unpaired) electrons. The first-order valence-electron chi connectivity index (χ1n) is 4.31. The van der Waals surface area contributed by atoms with Crippen molar-refractivity contribution in [2.45, 2.75) is 13.8 Å². The van der Waals surface area contributed by atoms with E-state index in [1.54, 1.807) is 13.8 Å². The van der Waals surface area contributed by atoms with Crippen LogP contribution in [0.5, 0.6) is 0 Å². The highest BCUT2D eigenvalue weighted by atomic mass is 32.2. The summed E-state index contributed by atoms with van der Waals surface area (Å²) >= 11 is 0. The number of carboxylic acid groups (broad SMARTS) is 1. The Morgan fingerprint density at radius 1 is 1.33 bits per heavy atom. The van der Waals surface area contributed by atoms with Crippen molar-refractivity contribution in [2.75, 3.05) is 18.1 Å². The van der Waals surface area contributed by atoms with Crippen LogP contribution in [0.1, 0.15) is 13.8 Å². The van der Waals surface area contributed by atoms with Gasteiger partial charge < -0.3 is 14.6 Å². The SMILES string of the molecule is CC(C)C(=O)OCCS(=O)(=O)CC(=O)[O-].